The van der Waals surface area contributed by atoms with Crippen molar-refractivity contribution >= 4 is 5.91 Å². The number of rotatable bonds is 3. The maximum Gasteiger partial charge on any atom is 0.416 e. The van der Waals surface area contributed by atoms with E-state index in [2.05, 4.69) is 10.1 Å². The number of alkyl halides is 3. The second kappa shape index (κ2) is 7.19. The zero-order valence-corrected chi connectivity index (χ0v) is 16.5. The molecule has 6 nitrogen and oxygen atoms in total. The summed E-state index contributed by atoms with van der Waals surface area (Å²) < 4.78 is 46.6. The highest BCUT2D eigenvalue weighted by Gasteiger charge is 2.52. The van der Waals surface area contributed by atoms with Crippen LogP contribution in [0.4, 0.5) is 13.2 Å². The summed E-state index contributed by atoms with van der Waals surface area (Å²) in [5, 5.41) is 4.35. The maximum absolute atomic E-state index is 13.3. The molecule has 0 N–H and O–H groups in total. The first-order valence-electron chi connectivity index (χ1n) is 9.97. The van der Waals surface area contributed by atoms with Gasteiger partial charge in [-0.05, 0) is 31.0 Å². The number of nitrogens with zero attached hydrogens (tertiary/aromatic N) is 4. The Bertz CT molecular complexity index is 1120. The van der Waals surface area contributed by atoms with Crippen molar-refractivity contribution in [1.82, 2.24) is 19.7 Å². The fourth-order valence-electron chi connectivity index (χ4n) is 3.90. The third kappa shape index (κ3) is 3.59. The van der Waals surface area contributed by atoms with Crippen LogP contribution in [-0.4, -0.2) is 50.9 Å². The Morgan fingerprint density at radius 3 is 2.55 bits per heavy atom. The van der Waals surface area contributed by atoms with Crippen molar-refractivity contribution in [2.75, 3.05) is 19.8 Å². The zero-order chi connectivity index (χ0) is 21.6. The lowest BCUT2D eigenvalue weighted by molar-refractivity contribution is -0.137. The second-order valence-electron chi connectivity index (χ2n) is 7.82. The van der Waals surface area contributed by atoms with Crippen molar-refractivity contribution in [1.29, 1.82) is 0 Å². The van der Waals surface area contributed by atoms with Gasteiger partial charge in [-0.2, -0.15) is 13.2 Å². The van der Waals surface area contributed by atoms with E-state index < -0.39 is 11.7 Å². The standard InChI is InChI=1S/C22H19F3N4O2/c23-22(24,25)16-7-4-8-17(13-16)29-19(15-5-2-1-3-6-15)26-18(27-29)20(30)28-11-12-31-14-21(28)9-10-21/h1-8,13H,9-12,14H2. The largest absolute Gasteiger partial charge is 0.416 e. The van der Waals surface area contributed by atoms with Crippen molar-refractivity contribution in [2.24, 2.45) is 0 Å². The van der Waals surface area contributed by atoms with Crippen LogP contribution in [0.2, 0.25) is 0 Å². The molecule has 1 amide bonds. The molecule has 1 aromatic heterocycles. The van der Waals surface area contributed by atoms with Crippen LogP contribution in [0.15, 0.2) is 54.6 Å². The fraction of sp³-hybridized carbons (Fsp3) is 0.318. The Morgan fingerprint density at radius 2 is 1.84 bits per heavy atom. The Balaban J connectivity index is 1.60. The highest BCUT2D eigenvalue weighted by atomic mass is 19.4. The zero-order valence-electron chi connectivity index (χ0n) is 16.5. The molecule has 5 rings (SSSR count). The van der Waals surface area contributed by atoms with Gasteiger partial charge in [-0.25, -0.2) is 9.67 Å². The predicted molar refractivity (Wildman–Crippen MR) is 106 cm³/mol. The number of carbonyl (C=O) groups excluding carboxylic acids is 1. The molecule has 2 aromatic carbocycles. The van der Waals surface area contributed by atoms with Gasteiger partial charge in [-0.15, -0.1) is 5.10 Å². The molecule has 1 aliphatic heterocycles. The molecule has 0 radical (unpaired) electrons. The normalized spacial score (nSPS) is 17.7. The quantitative estimate of drug-likeness (QED) is 0.634. The van der Waals surface area contributed by atoms with E-state index in [1.54, 1.807) is 29.2 Å². The molecule has 1 spiro atoms. The summed E-state index contributed by atoms with van der Waals surface area (Å²) in [5.74, 6) is -0.0606. The van der Waals surface area contributed by atoms with Gasteiger partial charge in [0.15, 0.2) is 5.82 Å². The average molecular weight is 428 g/mol. The lowest BCUT2D eigenvalue weighted by Gasteiger charge is -2.35. The minimum Gasteiger partial charge on any atom is -0.377 e. The van der Waals surface area contributed by atoms with Gasteiger partial charge in [-0.3, -0.25) is 4.79 Å². The second-order valence-corrected chi connectivity index (χ2v) is 7.82. The first kappa shape index (κ1) is 19.7. The number of benzene rings is 2. The molecule has 3 aromatic rings. The lowest BCUT2D eigenvalue weighted by atomic mass is 10.2. The van der Waals surface area contributed by atoms with Crippen LogP contribution in [0.3, 0.4) is 0 Å². The minimum absolute atomic E-state index is 0.0376. The van der Waals surface area contributed by atoms with Gasteiger partial charge in [-0.1, -0.05) is 36.4 Å². The molecule has 160 valence electrons. The topological polar surface area (TPSA) is 60.2 Å². The van der Waals surface area contributed by atoms with E-state index in [1.807, 2.05) is 6.07 Å². The van der Waals surface area contributed by atoms with Crippen LogP contribution < -0.4 is 0 Å². The van der Waals surface area contributed by atoms with Crippen molar-refractivity contribution in [3.8, 4) is 17.1 Å². The monoisotopic (exact) mass is 428 g/mol. The molecular formula is C22H19F3N4O2. The van der Waals surface area contributed by atoms with Gasteiger partial charge >= 0.3 is 6.18 Å². The summed E-state index contributed by atoms with van der Waals surface area (Å²) in [6, 6.07) is 13.8. The average Bonchev–Trinajstić information content (AvgIpc) is 3.39. The Kier molecular flexibility index (Phi) is 4.58. The predicted octanol–water partition coefficient (Wildman–Crippen LogP) is 3.96. The molecule has 0 atom stereocenters. The summed E-state index contributed by atoms with van der Waals surface area (Å²) in [6.07, 6.45) is -2.77. The van der Waals surface area contributed by atoms with Crippen LogP contribution in [0.25, 0.3) is 17.1 Å². The maximum atomic E-state index is 13.3. The molecule has 0 bridgehead atoms. The lowest BCUT2D eigenvalue weighted by Crippen LogP contribution is -2.50. The number of hydrogen-bond donors (Lipinski definition) is 0. The van der Waals surface area contributed by atoms with Crippen LogP contribution in [0, 0.1) is 0 Å². The van der Waals surface area contributed by atoms with E-state index in [0.717, 1.165) is 25.0 Å². The number of halogens is 3. The molecule has 9 heteroatoms. The van der Waals surface area contributed by atoms with Crippen molar-refractivity contribution < 1.29 is 22.7 Å². The Labute approximate surface area is 176 Å². The molecule has 2 aliphatic rings. The van der Waals surface area contributed by atoms with Gasteiger partial charge in [0.2, 0.25) is 5.82 Å². The van der Waals surface area contributed by atoms with Crippen LogP contribution in [0.1, 0.15) is 29.0 Å². The van der Waals surface area contributed by atoms with E-state index in [1.165, 1.54) is 16.8 Å². The number of amides is 1. The molecule has 2 fully saturated rings. The smallest absolute Gasteiger partial charge is 0.377 e. The first-order valence-corrected chi connectivity index (χ1v) is 9.97. The molecule has 1 saturated heterocycles. The Hall–Kier alpha value is -3.20. The number of morpholine rings is 1. The third-order valence-electron chi connectivity index (χ3n) is 5.72. The number of aromatic nitrogens is 3. The van der Waals surface area contributed by atoms with Gasteiger partial charge in [0.25, 0.3) is 5.91 Å². The van der Waals surface area contributed by atoms with Gasteiger partial charge in [0, 0.05) is 12.1 Å². The minimum atomic E-state index is -4.49. The number of ether oxygens (including phenoxy) is 1. The highest BCUT2D eigenvalue weighted by Crippen LogP contribution is 2.44. The van der Waals surface area contributed by atoms with Crippen molar-refractivity contribution in [3.05, 3.63) is 66.0 Å². The van der Waals surface area contributed by atoms with E-state index >= 15 is 0 Å². The molecule has 2 heterocycles. The van der Waals surface area contributed by atoms with Gasteiger partial charge < -0.3 is 9.64 Å². The van der Waals surface area contributed by atoms with Crippen molar-refractivity contribution in [2.45, 2.75) is 24.6 Å². The fourth-order valence-corrected chi connectivity index (χ4v) is 3.90. The van der Waals surface area contributed by atoms with E-state index in [9.17, 15) is 18.0 Å². The highest BCUT2D eigenvalue weighted by molar-refractivity contribution is 5.92. The summed E-state index contributed by atoms with van der Waals surface area (Å²) in [6.45, 7) is 1.36. The summed E-state index contributed by atoms with van der Waals surface area (Å²) in [7, 11) is 0. The van der Waals surface area contributed by atoms with Crippen LogP contribution >= 0.6 is 0 Å². The summed E-state index contributed by atoms with van der Waals surface area (Å²) in [4.78, 5) is 19.5. The van der Waals surface area contributed by atoms with Crippen LogP contribution in [-0.2, 0) is 10.9 Å². The Morgan fingerprint density at radius 1 is 1.06 bits per heavy atom. The molecule has 1 saturated carbocycles. The molecule has 1 aliphatic carbocycles. The molecular weight excluding hydrogens is 409 g/mol. The van der Waals surface area contributed by atoms with E-state index in [0.29, 0.717) is 31.1 Å². The van der Waals surface area contributed by atoms with Crippen LogP contribution in [0.5, 0.6) is 0 Å². The van der Waals surface area contributed by atoms with E-state index in [4.69, 9.17) is 4.74 Å². The van der Waals surface area contributed by atoms with Gasteiger partial charge in [0.1, 0.15) is 0 Å². The summed E-state index contributed by atoms with van der Waals surface area (Å²) >= 11 is 0. The summed E-state index contributed by atoms with van der Waals surface area (Å²) in [5.41, 5.74) is -0.264. The molecule has 31 heavy (non-hydrogen) atoms. The SMILES string of the molecule is O=C(c1nc(-c2ccccc2)n(-c2cccc(C(F)(F)F)c2)n1)N1CCOCC12CC2. The number of carbonyl (C=O) groups is 1. The molecule has 0 unspecified atom stereocenters. The van der Waals surface area contributed by atoms with Crippen molar-refractivity contribution in [3.63, 3.8) is 0 Å². The number of hydrogen-bond acceptors (Lipinski definition) is 4. The van der Waals surface area contributed by atoms with Gasteiger partial charge in [0.05, 0.1) is 30.0 Å². The third-order valence-corrected chi connectivity index (χ3v) is 5.72. The van der Waals surface area contributed by atoms with E-state index in [-0.39, 0.29) is 23.0 Å². The first-order chi connectivity index (χ1) is 14.9.